The van der Waals surface area contributed by atoms with E-state index in [0.29, 0.717) is 0 Å². The van der Waals surface area contributed by atoms with Gasteiger partial charge in [0.25, 0.3) is 0 Å². The third-order valence-electron chi connectivity index (χ3n) is 4.90. The topological polar surface area (TPSA) is 32.5 Å². The summed E-state index contributed by atoms with van der Waals surface area (Å²) in [7, 11) is 4.51. The van der Waals surface area contributed by atoms with E-state index in [9.17, 15) is 0 Å². The number of likely N-dealkylation sites (tertiary alicyclic amines) is 1. The Bertz CT molecular complexity index is 239. The van der Waals surface area contributed by atoms with Crippen LogP contribution in [0.2, 0.25) is 0 Å². The second-order valence-electron chi connectivity index (χ2n) is 5.99. The van der Waals surface area contributed by atoms with Crippen molar-refractivity contribution in [2.75, 3.05) is 33.7 Å². The molecule has 1 aliphatic heterocycles. The number of hydrogen-bond acceptors (Lipinski definition) is 3. The Hall–Kier alpha value is -0.120. The van der Waals surface area contributed by atoms with Gasteiger partial charge in [-0.2, -0.15) is 0 Å². The lowest BCUT2D eigenvalue weighted by Gasteiger charge is -2.40. The van der Waals surface area contributed by atoms with Crippen LogP contribution in [0.3, 0.4) is 0 Å². The van der Waals surface area contributed by atoms with Crippen molar-refractivity contribution in [2.45, 2.75) is 44.2 Å². The number of likely N-dealkylation sites (N-methyl/N-ethyl adjacent to an activating group) is 2. The van der Waals surface area contributed by atoms with Gasteiger partial charge in [0, 0.05) is 24.7 Å². The van der Waals surface area contributed by atoms with Crippen LogP contribution in [0, 0.1) is 5.92 Å². The van der Waals surface area contributed by atoms with Gasteiger partial charge in [0.2, 0.25) is 0 Å². The highest BCUT2D eigenvalue weighted by atomic mass is 15.2. The molecule has 2 rings (SSSR count). The van der Waals surface area contributed by atoms with Crippen LogP contribution in [0.25, 0.3) is 0 Å². The van der Waals surface area contributed by atoms with Gasteiger partial charge in [-0.05, 0) is 59.2 Å². The maximum atomic E-state index is 6.00. The number of rotatable bonds is 5. The molecule has 16 heavy (non-hydrogen) atoms. The van der Waals surface area contributed by atoms with E-state index in [1.807, 2.05) is 0 Å². The molecule has 0 amide bonds. The smallest absolute Gasteiger partial charge is 0.0329 e. The van der Waals surface area contributed by atoms with Crippen molar-refractivity contribution >= 4 is 0 Å². The molecule has 0 aromatic rings. The van der Waals surface area contributed by atoms with Crippen molar-refractivity contribution in [3.63, 3.8) is 0 Å². The summed E-state index contributed by atoms with van der Waals surface area (Å²) >= 11 is 0. The van der Waals surface area contributed by atoms with Gasteiger partial charge in [0.15, 0.2) is 0 Å². The molecule has 1 aliphatic carbocycles. The molecule has 1 heterocycles. The molecule has 1 saturated heterocycles. The predicted octanol–water partition coefficient (Wildman–Crippen LogP) is 1.14. The first kappa shape index (κ1) is 12.3. The van der Waals surface area contributed by atoms with Crippen LogP contribution in [0.15, 0.2) is 0 Å². The Kier molecular flexibility index (Phi) is 3.57. The summed E-state index contributed by atoms with van der Waals surface area (Å²) in [6, 6.07) is 0.745. The third-order valence-corrected chi connectivity index (χ3v) is 4.90. The molecule has 0 bridgehead atoms. The van der Waals surface area contributed by atoms with E-state index < -0.39 is 0 Å². The molecule has 2 aliphatic rings. The second kappa shape index (κ2) is 4.63. The summed E-state index contributed by atoms with van der Waals surface area (Å²) < 4.78 is 0. The van der Waals surface area contributed by atoms with Crippen molar-refractivity contribution in [3.05, 3.63) is 0 Å². The normalized spacial score (nSPS) is 30.9. The summed E-state index contributed by atoms with van der Waals surface area (Å²) in [4.78, 5) is 5.03. The Morgan fingerprint density at radius 2 is 2.06 bits per heavy atom. The van der Waals surface area contributed by atoms with Crippen LogP contribution in [0.1, 0.15) is 32.6 Å². The molecule has 0 spiro atoms. The van der Waals surface area contributed by atoms with Gasteiger partial charge in [0.1, 0.15) is 0 Å². The third kappa shape index (κ3) is 2.27. The molecular weight excluding hydrogens is 198 g/mol. The highest BCUT2D eigenvalue weighted by Gasteiger charge is 2.44. The van der Waals surface area contributed by atoms with Crippen LogP contribution in [0.4, 0.5) is 0 Å². The van der Waals surface area contributed by atoms with E-state index >= 15 is 0 Å². The second-order valence-corrected chi connectivity index (χ2v) is 5.99. The first-order chi connectivity index (χ1) is 7.58. The van der Waals surface area contributed by atoms with Crippen LogP contribution < -0.4 is 5.73 Å². The summed E-state index contributed by atoms with van der Waals surface area (Å²) in [6.45, 7) is 5.59. The summed E-state index contributed by atoms with van der Waals surface area (Å²) in [6.07, 6.45) is 5.46. The Labute approximate surface area is 100.0 Å². The van der Waals surface area contributed by atoms with E-state index in [2.05, 4.69) is 30.8 Å². The van der Waals surface area contributed by atoms with Crippen molar-refractivity contribution in [3.8, 4) is 0 Å². The van der Waals surface area contributed by atoms with Gasteiger partial charge < -0.3 is 10.6 Å². The average Bonchev–Trinajstić information content (AvgIpc) is 3.05. The lowest BCUT2D eigenvalue weighted by Crippen LogP contribution is -2.54. The summed E-state index contributed by atoms with van der Waals surface area (Å²) in [5, 5.41) is 0. The molecular formula is C13H27N3. The van der Waals surface area contributed by atoms with E-state index in [1.165, 1.54) is 38.8 Å². The molecule has 1 saturated carbocycles. The number of hydrogen-bond donors (Lipinski definition) is 1. The largest absolute Gasteiger partial charge is 0.329 e. The average molecular weight is 225 g/mol. The van der Waals surface area contributed by atoms with Gasteiger partial charge in [-0.3, -0.25) is 4.90 Å². The fraction of sp³-hybridized carbons (Fsp3) is 1.00. The zero-order chi connectivity index (χ0) is 11.8. The lowest BCUT2D eigenvalue weighted by molar-refractivity contribution is 0.0915. The van der Waals surface area contributed by atoms with Gasteiger partial charge >= 0.3 is 0 Å². The molecule has 3 nitrogen and oxygen atoms in total. The number of nitrogens with zero attached hydrogens (tertiary/aromatic N) is 2. The molecule has 3 heteroatoms. The van der Waals surface area contributed by atoms with E-state index in [4.69, 9.17) is 5.73 Å². The van der Waals surface area contributed by atoms with Crippen molar-refractivity contribution in [1.29, 1.82) is 0 Å². The van der Waals surface area contributed by atoms with Crippen molar-refractivity contribution < 1.29 is 0 Å². The molecule has 0 aromatic heterocycles. The molecule has 0 radical (unpaired) electrons. The molecule has 2 N–H and O–H groups in total. The molecule has 2 fully saturated rings. The van der Waals surface area contributed by atoms with Gasteiger partial charge in [-0.1, -0.05) is 0 Å². The first-order valence-electron chi connectivity index (χ1n) is 6.69. The highest BCUT2D eigenvalue weighted by Crippen LogP contribution is 2.42. The van der Waals surface area contributed by atoms with Gasteiger partial charge in [-0.25, -0.2) is 0 Å². The van der Waals surface area contributed by atoms with Crippen LogP contribution in [0.5, 0.6) is 0 Å². The quantitative estimate of drug-likeness (QED) is 0.761. The predicted molar refractivity (Wildman–Crippen MR) is 68.5 cm³/mol. The van der Waals surface area contributed by atoms with Crippen LogP contribution in [-0.2, 0) is 0 Å². The SMILES string of the molecule is CN1CCCC1CN(C)C(C)(CN)C1CC1. The van der Waals surface area contributed by atoms with Crippen molar-refractivity contribution in [1.82, 2.24) is 9.80 Å². The lowest BCUT2D eigenvalue weighted by atomic mass is 9.93. The zero-order valence-corrected chi connectivity index (χ0v) is 11.1. The van der Waals surface area contributed by atoms with Crippen LogP contribution in [-0.4, -0.2) is 55.1 Å². The first-order valence-corrected chi connectivity index (χ1v) is 6.69. The summed E-state index contributed by atoms with van der Waals surface area (Å²) in [5.74, 6) is 0.842. The maximum Gasteiger partial charge on any atom is 0.0329 e. The summed E-state index contributed by atoms with van der Waals surface area (Å²) in [5.41, 5.74) is 6.24. The van der Waals surface area contributed by atoms with Gasteiger partial charge in [-0.15, -0.1) is 0 Å². The van der Waals surface area contributed by atoms with E-state index in [-0.39, 0.29) is 5.54 Å². The molecule has 0 aromatic carbocycles. The molecule has 94 valence electrons. The Morgan fingerprint density at radius 3 is 2.50 bits per heavy atom. The molecule has 2 atom stereocenters. The minimum absolute atomic E-state index is 0.240. The molecule has 2 unspecified atom stereocenters. The standard InChI is InChI=1S/C13H27N3/c1-13(10-14,11-6-7-11)16(3)9-12-5-4-8-15(12)2/h11-12H,4-10,14H2,1-3H3. The van der Waals surface area contributed by atoms with Gasteiger partial charge in [0.05, 0.1) is 0 Å². The van der Waals surface area contributed by atoms with Crippen LogP contribution >= 0.6 is 0 Å². The Balaban J connectivity index is 1.92. The monoisotopic (exact) mass is 225 g/mol. The minimum atomic E-state index is 0.240. The maximum absolute atomic E-state index is 6.00. The Morgan fingerprint density at radius 1 is 1.38 bits per heavy atom. The fourth-order valence-corrected chi connectivity index (χ4v) is 3.07. The fourth-order valence-electron chi connectivity index (χ4n) is 3.07. The van der Waals surface area contributed by atoms with Crippen molar-refractivity contribution in [2.24, 2.45) is 11.7 Å². The number of nitrogens with two attached hydrogens (primary N) is 1. The van der Waals surface area contributed by atoms with E-state index in [1.54, 1.807) is 0 Å². The van der Waals surface area contributed by atoms with E-state index in [0.717, 1.165) is 18.5 Å². The zero-order valence-electron chi connectivity index (χ0n) is 11.1. The minimum Gasteiger partial charge on any atom is -0.329 e. The highest BCUT2D eigenvalue weighted by molar-refractivity contribution is 5.00.